The van der Waals surface area contributed by atoms with Gasteiger partial charge in [0.15, 0.2) is 0 Å². The number of thiazole rings is 1. The van der Waals surface area contributed by atoms with E-state index in [1.807, 2.05) is 0 Å². The Balaban J connectivity index is 1.85. The topological polar surface area (TPSA) is 42.0 Å². The van der Waals surface area contributed by atoms with Crippen LogP contribution >= 0.6 is 22.9 Å². The maximum atomic E-state index is 10.9. The van der Waals surface area contributed by atoms with Gasteiger partial charge in [-0.15, -0.1) is 22.9 Å². The summed E-state index contributed by atoms with van der Waals surface area (Å²) in [6.45, 7) is 0.637. The molecule has 0 aliphatic heterocycles. The molecule has 2 rings (SSSR count). The van der Waals surface area contributed by atoms with Gasteiger partial charge in [-0.05, 0) is 25.7 Å². The van der Waals surface area contributed by atoms with Gasteiger partial charge in [-0.1, -0.05) is 0 Å². The summed E-state index contributed by atoms with van der Waals surface area (Å²) in [5.74, 6) is -0.0723. The molecule has 16 heavy (non-hydrogen) atoms. The first-order valence-corrected chi connectivity index (χ1v) is 6.95. The van der Waals surface area contributed by atoms with E-state index in [4.69, 9.17) is 11.6 Å². The summed E-state index contributed by atoms with van der Waals surface area (Å²) < 4.78 is 0. The number of hydrogen-bond donors (Lipinski definition) is 1. The molecule has 0 spiro atoms. The molecule has 0 unspecified atom stereocenters. The number of nitrogens with zero attached hydrogens (tertiary/aromatic N) is 1. The van der Waals surface area contributed by atoms with Crippen molar-refractivity contribution >= 4 is 28.8 Å². The number of aromatic nitrogens is 1. The van der Waals surface area contributed by atoms with Crippen molar-refractivity contribution in [3.8, 4) is 0 Å². The van der Waals surface area contributed by atoms with Crippen LogP contribution in [0.1, 0.15) is 28.4 Å². The van der Waals surface area contributed by atoms with Gasteiger partial charge in [0.1, 0.15) is 5.88 Å². The van der Waals surface area contributed by atoms with Gasteiger partial charge < -0.3 is 5.32 Å². The number of fused-ring (bicyclic) bond motifs is 1. The van der Waals surface area contributed by atoms with Gasteiger partial charge in [-0.2, -0.15) is 0 Å². The maximum absolute atomic E-state index is 10.9. The smallest absolute Gasteiger partial charge is 0.234 e. The van der Waals surface area contributed by atoms with Gasteiger partial charge in [0.05, 0.1) is 10.7 Å². The van der Waals surface area contributed by atoms with Crippen LogP contribution in [0.2, 0.25) is 0 Å². The molecule has 88 valence electrons. The third-order valence-corrected chi connectivity index (χ3v) is 4.13. The van der Waals surface area contributed by atoms with Crippen LogP contribution in [-0.2, 0) is 24.1 Å². The van der Waals surface area contributed by atoms with Crippen molar-refractivity contribution in [3.63, 3.8) is 0 Å². The number of alkyl halides is 1. The van der Waals surface area contributed by atoms with E-state index in [2.05, 4.69) is 10.3 Å². The first kappa shape index (κ1) is 11.9. The van der Waals surface area contributed by atoms with E-state index in [0.29, 0.717) is 6.54 Å². The van der Waals surface area contributed by atoms with E-state index in [1.165, 1.54) is 29.8 Å². The minimum Gasteiger partial charge on any atom is -0.355 e. The Morgan fingerprint density at radius 2 is 2.25 bits per heavy atom. The predicted octanol–water partition coefficient (Wildman–Crippen LogP) is 1.92. The molecule has 0 atom stereocenters. The number of amides is 1. The molecule has 1 N–H and O–H groups in total. The lowest BCUT2D eigenvalue weighted by Crippen LogP contribution is -2.26. The second kappa shape index (κ2) is 5.64. The summed E-state index contributed by atoms with van der Waals surface area (Å²) in [5.41, 5.74) is 1.29. The highest BCUT2D eigenvalue weighted by molar-refractivity contribution is 7.11. The summed E-state index contributed by atoms with van der Waals surface area (Å²) in [4.78, 5) is 17.0. The summed E-state index contributed by atoms with van der Waals surface area (Å²) in [5, 5.41) is 3.90. The van der Waals surface area contributed by atoms with Gasteiger partial charge >= 0.3 is 0 Å². The number of hydrogen-bond acceptors (Lipinski definition) is 3. The predicted molar refractivity (Wildman–Crippen MR) is 66.2 cm³/mol. The lowest BCUT2D eigenvalue weighted by atomic mass is 10.0. The van der Waals surface area contributed by atoms with E-state index in [-0.39, 0.29) is 11.8 Å². The van der Waals surface area contributed by atoms with Crippen molar-refractivity contribution in [2.75, 3.05) is 12.4 Å². The Hall–Kier alpha value is -0.610. The second-order valence-electron chi connectivity index (χ2n) is 3.92. The summed E-state index contributed by atoms with van der Waals surface area (Å²) in [6, 6.07) is 0. The SMILES string of the molecule is O=C(CCl)NCCc1nc2c(s1)CCCC2. The normalized spacial score (nSPS) is 14.6. The molecular weight excluding hydrogens is 244 g/mol. The van der Waals surface area contributed by atoms with Crippen LogP contribution < -0.4 is 5.32 Å². The molecule has 0 saturated heterocycles. The van der Waals surface area contributed by atoms with Crippen molar-refractivity contribution < 1.29 is 4.79 Å². The molecule has 0 radical (unpaired) electrons. The minimum atomic E-state index is -0.108. The Morgan fingerprint density at radius 3 is 3.00 bits per heavy atom. The number of halogens is 1. The van der Waals surface area contributed by atoms with Crippen LogP contribution in [0.15, 0.2) is 0 Å². The van der Waals surface area contributed by atoms with Gasteiger partial charge in [0, 0.05) is 17.8 Å². The van der Waals surface area contributed by atoms with E-state index in [0.717, 1.165) is 17.8 Å². The zero-order valence-corrected chi connectivity index (χ0v) is 10.7. The molecule has 1 aromatic heterocycles. The molecule has 1 aliphatic carbocycles. The van der Waals surface area contributed by atoms with Crippen molar-refractivity contribution in [3.05, 3.63) is 15.6 Å². The zero-order valence-electron chi connectivity index (χ0n) is 9.09. The third kappa shape index (κ3) is 2.95. The molecular formula is C11H15ClN2OS. The maximum Gasteiger partial charge on any atom is 0.234 e. The van der Waals surface area contributed by atoms with Crippen molar-refractivity contribution in [2.24, 2.45) is 0 Å². The number of aryl methyl sites for hydroxylation is 2. The fourth-order valence-corrected chi connectivity index (χ4v) is 3.12. The second-order valence-corrected chi connectivity index (χ2v) is 5.35. The average molecular weight is 259 g/mol. The van der Waals surface area contributed by atoms with E-state index < -0.39 is 0 Å². The van der Waals surface area contributed by atoms with Gasteiger partial charge in [-0.3, -0.25) is 4.79 Å². The molecule has 1 aliphatic rings. The Bertz CT molecular complexity index is 355. The van der Waals surface area contributed by atoms with Crippen molar-refractivity contribution in [1.29, 1.82) is 0 Å². The minimum absolute atomic E-state index is 0.0361. The lowest BCUT2D eigenvalue weighted by Gasteiger charge is -2.06. The van der Waals surface area contributed by atoms with Gasteiger partial charge in [0.2, 0.25) is 5.91 Å². The van der Waals surface area contributed by atoms with Crippen LogP contribution in [0, 0.1) is 0 Å². The molecule has 0 bridgehead atoms. The van der Waals surface area contributed by atoms with Crippen LogP contribution in [-0.4, -0.2) is 23.3 Å². The molecule has 3 nitrogen and oxygen atoms in total. The van der Waals surface area contributed by atoms with Crippen LogP contribution in [0.25, 0.3) is 0 Å². The quantitative estimate of drug-likeness (QED) is 0.839. The highest BCUT2D eigenvalue weighted by Gasteiger charge is 2.14. The molecule has 0 aromatic carbocycles. The average Bonchev–Trinajstić information content (AvgIpc) is 2.71. The standard InChI is InChI=1S/C11H15ClN2OS/c12-7-10(15)13-6-5-11-14-8-3-1-2-4-9(8)16-11/h1-7H2,(H,13,15). The first-order valence-electron chi connectivity index (χ1n) is 5.59. The lowest BCUT2D eigenvalue weighted by molar-refractivity contribution is -0.118. The number of rotatable bonds is 4. The molecule has 1 heterocycles. The van der Waals surface area contributed by atoms with Crippen LogP contribution in [0.5, 0.6) is 0 Å². The highest BCUT2D eigenvalue weighted by atomic mass is 35.5. The summed E-state index contributed by atoms with van der Waals surface area (Å²) in [6.07, 6.45) is 5.68. The monoisotopic (exact) mass is 258 g/mol. The molecule has 0 saturated carbocycles. The fraction of sp³-hybridized carbons (Fsp3) is 0.636. The highest BCUT2D eigenvalue weighted by Crippen LogP contribution is 2.26. The molecule has 5 heteroatoms. The largest absolute Gasteiger partial charge is 0.355 e. The zero-order chi connectivity index (χ0) is 11.4. The van der Waals surface area contributed by atoms with Crippen molar-refractivity contribution in [1.82, 2.24) is 10.3 Å². The van der Waals surface area contributed by atoms with E-state index >= 15 is 0 Å². The van der Waals surface area contributed by atoms with Gasteiger partial charge in [-0.25, -0.2) is 4.98 Å². The first-order chi connectivity index (χ1) is 7.79. The van der Waals surface area contributed by atoms with Gasteiger partial charge in [0.25, 0.3) is 0 Å². The third-order valence-electron chi connectivity index (χ3n) is 2.67. The molecule has 1 amide bonds. The van der Waals surface area contributed by atoms with Crippen molar-refractivity contribution in [2.45, 2.75) is 32.1 Å². The fourth-order valence-electron chi connectivity index (χ4n) is 1.87. The Kier molecular flexibility index (Phi) is 4.18. The Morgan fingerprint density at radius 1 is 1.44 bits per heavy atom. The number of carbonyl (C=O) groups is 1. The van der Waals surface area contributed by atoms with Crippen LogP contribution in [0.4, 0.5) is 0 Å². The molecule has 1 aromatic rings. The molecule has 0 fully saturated rings. The number of nitrogens with one attached hydrogen (secondary N) is 1. The number of carbonyl (C=O) groups excluding carboxylic acids is 1. The Labute approximate surface area is 104 Å². The van der Waals surface area contributed by atoms with E-state index in [9.17, 15) is 4.79 Å². The summed E-state index contributed by atoms with van der Waals surface area (Å²) >= 11 is 7.19. The summed E-state index contributed by atoms with van der Waals surface area (Å²) in [7, 11) is 0. The van der Waals surface area contributed by atoms with E-state index in [1.54, 1.807) is 11.3 Å². The van der Waals surface area contributed by atoms with Crippen LogP contribution in [0.3, 0.4) is 0 Å².